The van der Waals surface area contributed by atoms with E-state index in [0.717, 1.165) is 70.2 Å². The number of aromatic nitrogens is 2. The molecule has 0 unspecified atom stereocenters. The fourth-order valence-corrected chi connectivity index (χ4v) is 3.67. The standard InChI is InChI=1S/C18H29N5O2/c1-14-19-16-6-10-21(2)9-5-15(16)18(20-14)23-8-4-7-22(11-12-23)17(24)13-25-3/h4-13H2,1-3H3. The minimum absolute atomic E-state index is 0.0728. The van der Waals surface area contributed by atoms with Gasteiger partial charge in [0.05, 0.1) is 5.69 Å². The number of hydrogen-bond donors (Lipinski definition) is 0. The third kappa shape index (κ3) is 4.27. The number of nitrogens with zero attached hydrogens (tertiary/aromatic N) is 5. The highest BCUT2D eigenvalue weighted by Crippen LogP contribution is 2.25. The van der Waals surface area contributed by atoms with Crippen molar-refractivity contribution in [2.45, 2.75) is 26.2 Å². The molecule has 1 saturated heterocycles. The summed E-state index contributed by atoms with van der Waals surface area (Å²) in [5.74, 6) is 2.00. The number of hydrogen-bond acceptors (Lipinski definition) is 6. The predicted octanol–water partition coefficient (Wildman–Crippen LogP) is 0.501. The lowest BCUT2D eigenvalue weighted by molar-refractivity contribution is -0.134. The molecular formula is C18H29N5O2. The van der Waals surface area contributed by atoms with Gasteiger partial charge in [0.25, 0.3) is 0 Å². The summed E-state index contributed by atoms with van der Waals surface area (Å²) in [6.45, 7) is 7.47. The summed E-state index contributed by atoms with van der Waals surface area (Å²) in [6, 6.07) is 0. The van der Waals surface area contributed by atoms with E-state index in [9.17, 15) is 4.79 Å². The first-order chi connectivity index (χ1) is 12.1. The largest absolute Gasteiger partial charge is 0.375 e. The Labute approximate surface area is 150 Å². The van der Waals surface area contributed by atoms with Crippen LogP contribution in [0.5, 0.6) is 0 Å². The lowest BCUT2D eigenvalue weighted by Crippen LogP contribution is -2.37. The molecule has 0 aromatic carbocycles. The van der Waals surface area contributed by atoms with Gasteiger partial charge in [0, 0.05) is 58.4 Å². The van der Waals surface area contributed by atoms with Crippen molar-refractivity contribution in [1.82, 2.24) is 19.8 Å². The van der Waals surface area contributed by atoms with Gasteiger partial charge < -0.3 is 19.4 Å². The van der Waals surface area contributed by atoms with Crippen LogP contribution in [0.2, 0.25) is 0 Å². The van der Waals surface area contributed by atoms with E-state index in [2.05, 4.69) is 16.8 Å². The van der Waals surface area contributed by atoms with Gasteiger partial charge in [-0.2, -0.15) is 0 Å². The van der Waals surface area contributed by atoms with Crippen LogP contribution in [0, 0.1) is 6.92 Å². The third-order valence-corrected chi connectivity index (χ3v) is 5.07. The third-order valence-electron chi connectivity index (χ3n) is 5.07. The Morgan fingerprint density at radius 2 is 1.88 bits per heavy atom. The van der Waals surface area contributed by atoms with Gasteiger partial charge >= 0.3 is 0 Å². The van der Waals surface area contributed by atoms with Gasteiger partial charge in [-0.05, 0) is 26.8 Å². The fraction of sp³-hybridized carbons (Fsp3) is 0.722. The molecule has 0 bridgehead atoms. The van der Waals surface area contributed by atoms with Gasteiger partial charge in [-0.3, -0.25) is 4.79 Å². The van der Waals surface area contributed by atoms with Crippen molar-refractivity contribution in [3.63, 3.8) is 0 Å². The molecule has 0 N–H and O–H groups in total. The molecule has 7 nitrogen and oxygen atoms in total. The van der Waals surface area contributed by atoms with E-state index in [-0.39, 0.29) is 12.5 Å². The van der Waals surface area contributed by atoms with Gasteiger partial charge in [0.2, 0.25) is 5.91 Å². The van der Waals surface area contributed by atoms with E-state index >= 15 is 0 Å². The van der Waals surface area contributed by atoms with Crippen molar-refractivity contribution in [3.8, 4) is 0 Å². The Kier molecular flexibility index (Phi) is 5.86. The Bertz CT molecular complexity index is 622. The average molecular weight is 347 g/mol. The topological polar surface area (TPSA) is 61.8 Å². The first-order valence-electron chi connectivity index (χ1n) is 9.15. The molecule has 3 heterocycles. The molecule has 0 atom stereocenters. The SMILES string of the molecule is COCC(=O)N1CCCN(c2nc(C)nc3c2CCN(C)CC3)CC1. The van der Waals surface area contributed by atoms with Crippen LogP contribution < -0.4 is 4.90 Å². The quantitative estimate of drug-likeness (QED) is 0.794. The van der Waals surface area contributed by atoms with Crippen molar-refractivity contribution in [3.05, 3.63) is 17.1 Å². The Morgan fingerprint density at radius 1 is 1.08 bits per heavy atom. The highest BCUT2D eigenvalue weighted by molar-refractivity contribution is 5.77. The Balaban J connectivity index is 1.80. The van der Waals surface area contributed by atoms with Crippen molar-refractivity contribution < 1.29 is 9.53 Å². The van der Waals surface area contributed by atoms with E-state index in [0.29, 0.717) is 0 Å². The number of carbonyl (C=O) groups excluding carboxylic acids is 1. The first kappa shape index (κ1) is 18.1. The second-order valence-electron chi connectivity index (χ2n) is 6.98. The smallest absolute Gasteiger partial charge is 0.248 e. The molecule has 1 amide bonds. The number of carbonyl (C=O) groups is 1. The summed E-state index contributed by atoms with van der Waals surface area (Å²) in [6.07, 6.45) is 2.92. The highest BCUT2D eigenvalue weighted by atomic mass is 16.5. The van der Waals surface area contributed by atoms with Crippen molar-refractivity contribution in [2.24, 2.45) is 0 Å². The maximum absolute atomic E-state index is 12.1. The summed E-state index contributed by atoms with van der Waals surface area (Å²) in [4.78, 5) is 28.2. The molecule has 2 aliphatic rings. The second kappa shape index (κ2) is 8.10. The molecule has 0 spiro atoms. The zero-order valence-electron chi connectivity index (χ0n) is 15.6. The van der Waals surface area contributed by atoms with Gasteiger partial charge in [-0.25, -0.2) is 9.97 Å². The summed E-state index contributed by atoms with van der Waals surface area (Å²) in [7, 11) is 3.73. The molecule has 138 valence electrons. The van der Waals surface area contributed by atoms with E-state index < -0.39 is 0 Å². The number of methoxy groups -OCH3 is 1. The minimum Gasteiger partial charge on any atom is -0.375 e. The number of rotatable bonds is 3. The summed E-state index contributed by atoms with van der Waals surface area (Å²) in [5, 5.41) is 0. The molecule has 7 heteroatoms. The molecule has 2 aliphatic heterocycles. The second-order valence-corrected chi connectivity index (χ2v) is 6.98. The number of fused-ring (bicyclic) bond motifs is 1. The minimum atomic E-state index is 0.0728. The maximum atomic E-state index is 12.1. The van der Waals surface area contributed by atoms with Crippen LogP contribution in [0.25, 0.3) is 0 Å². The molecule has 0 aliphatic carbocycles. The number of anilines is 1. The maximum Gasteiger partial charge on any atom is 0.248 e. The monoisotopic (exact) mass is 347 g/mol. The summed E-state index contributed by atoms with van der Waals surface area (Å²) in [5.41, 5.74) is 2.50. The normalized spacial score (nSPS) is 19.3. The predicted molar refractivity (Wildman–Crippen MR) is 97.0 cm³/mol. The molecule has 0 saturated carbocycles. The van der Waals surface area contributed by atoms with Gasteiger partial charge in [0.1, 0.15) is 18.2 Å². The molecule has 1 aromatic heterocycles. The van der Waals surface area contributed by atoms with E-state index in [1.165, 1.54) is 11.3 Å². The molecular weight excluding hydrogens is 318 g/mol. The molecule has 3 rings (SSSR count). The molecule has 0 radical (unpaired) electrons. The number of ether oxygens (including phenoxy) is 1. The first-order valence-corrected chi connectivity index (χ1v) is 9.15. The Morgan fingerprint density at radius 3 is 2.68 bits per heavy atom. The number of likely N-dealkylation sites (N-methyl/N-ethyl adjacent to an activating group) is 1. The van der Waals surface area contributed by atoms with Crippen LogP contribution in [0.4, 0.5) is 5.82 Å². The zero-order valence-corrected chi connectivity index (χ0v) is 15.6. The average Bonchev–Trinajstić information content (AvgIpc) is 2.94. The van der Waals surface area contributed by atoms with Gasteiger partial charge in [-0.15, -0.1) is 0 Å². The fourth-order valence-electron chi connectivity index (χ4n) is 3.67. The number of aryl methyl sites for hydroxylation is 1. The van der Waals surface area contributed by atoms with E-state index in [1.54, 1.807) is 7.11 Å². The molecule has 1 aromatic rings. The van der Waals surface area contributed by atoms with Crippen molar-refractivity contribution in [1.29, 1.82) is 0 Å². The van der Waals surface area contributed by atoms with Crippen molar-refractivity contribution >= 4 is 11.7 Å². The molecule has 1 fully saturated rings. The van der Waals surface area contributed by atoms with Crippen LogP contribution in [0.3, 0.4) is 0 Å². The van der Waals surface area contributed by atoms with Crippen LogP contribution in [0.15, 0.2) is 0 Å². The van der Waals surface area contributed by atoms with E-state index in [4.69, 9.17) is 14.7 Å². The van der Waals surface area contributed by atoms with Crippen LogP contribution in [-0.4, -0.2) is 85.7 Å². The van der Waals surface area contributed by atoms with Gasteiger partial charge in [-0.1, -0.05) is 0 Å². The van der Waals surface area contributed by atoms with Crippen molar-refractivity contribution in [2.75, 3.05) is 64.9 Å². The van der Waals surface area contributed by atoms with E-state index in [1.807, 2.05) is 11.8 Å². The zero-order chi connectivity index (χ0) is 17.8. The van der Waals surface area contributed by atoms with Crippen LogP contribution in [0.1, 0.15) is 23.5 Å². The molecule has 25 heavy (non-hydrogen) atoms. The van der Waals surface area contributed by atoms with Crippen LogP contribution in [-0.2, 0) is 22.4 Å². The summed E-state index contributed by atoms with van der Waals surface area (Å²) >= 11 is 0. The lowest BCUT2D eigenvalue weighted by Gasteiger charge is -2.26. The highest BCUT2D eigenvalue weighted by Gasteiger charge is 2.24. The summed E-state index contributed by atoms with van der Waals surface area (Å²) < 4.78 is 4.99. The lowest BCUT2D eigenvalue weighted by atomic mass is 10.1. The Hall–Kier alpha value is -1.73. The number of amides is 1. The van der Waals surface area contributed by atoms with Gasteiger partial charge in [0.15, 0.2) is 0 Å². The van der Waals surface area contributed by atoms with Crippen LogP contribution >= 0.6 is 0 Å².